The van der Waals surface area contributed by atoms with Gasteiger partial charge in [-0.05, 0) is 6.42 Å². The Morgan fingerprint density at radius 1 is 1.40 bits per heavy atom. The van der Waals surface area contributed by atoms with Gasteiger partial charge in [0.05, 0.1) is 12.6 Å². The molecule has 0 bridgehead atoms. The second kappa shape index (κ2) is 5.34. The van der Waals surface area contributed by atoms with E-state index in [1.807, 2.05) is 6.92 Å². The van der Waals surface area contributed by atoms with Crippen LogP contribution in [-0.4, -0.2) is 56.7 Å². The molecule has 4 N–H and O–H groups in total. The summed E-state index contributed by atoms with van der Waals surface area (Å²) in [6.45, 7) is 2.44. The molecule has 0 aliphatic carbocycles. The van der Waals surface area contributed by atoms with Gasteiger partial charge in [0.2, 0.25) is 0 Å². The highest BCUT2D eigenvalue weighted by molar-refractivity contribution is 5.09. The molecule has 0 aromatic heterocycles. The highest BCUT2D eigenvalue weighted by Gasteiger charge is 2.36. The number of nitrogens with zero attached hydrogens (tertiary/aromatic N) is 1. The molecule has 1 aliphatic heterocycles. The Balaban J connectivity index is 2.74. The van der Waals surface area contributed by atoms with E-state index < -0.39 is 18.2 Å². The fourth-order valence-electron chi connectivity index (χ4n) is 1.71. The maximum absolute atomic E-state index is 9.63. The quantitative estimate of drug-likeness (QED) is 0.514. The molecule has 15 heavy (non-hydrogen) atoms. The predicted octanol–water partition coefficient (Wildman–Crippen LogP) is -0.416. The van der Waals surface area contributed by atoms with Crippen molar-refractivity contribution >= 4 is 0 Å². The normalized spacial score (nSPS) is 31.6. The Morgan fingerprint density at radius 3 is 2.60 bits per heavy atom. The molecule has 5 heteroatoms. The first-order valence-corrected chi connectivity index (χ1v) is 5.25. The third-order valence-electron chi connectivity index (χ3n) is 2.70. The molecule has 1 aliphatic rings. The van der Waals surface area contributed by atoms with Crippen LogP contribution >= 0.6 is 0 Å². The van der Waals surface area contributed by atoms with E-state index >= 15 is 0 Å². The SMILES string of the molecule is CCCCN1C=C(O)C(O)[C@H](O)C1CO. The Morgan fingerprint density at radius 2 is 2.07 bits per heavy atom. The summed E-state index contributed by atoms with van der Waals surface area (Å²) < 4.78 is 0. The molecule has 3 atom stereocenters. The van der Waals surface area contributed by atoms with E-state index in [1.54, 1.807) is 4.90 Å². The Kier molecular flexibility index (Phi) is 4.38. The van der Waals surface area contributed by atoms with Gasteiger partial charge in [0, 0.05) is 12.7 Å². The highest BCUT2D eigenvalue weighted by Crippen LogP contribution is 2.20. The molecule has 5 nitrogen and oxygen atoms in total. The van der Waals surface area contributed by atoms with E-state index in [4.69, 9.17) is 5.11 Å². The van der Waals surface area contributed by atoms with E-state index in [0.717, 1.165) is 12.8 Å². The van der Waals surface area contributed by atoms with Gasteiger partial charge in [-0.1, -0.05) is 13.3 Å². The zero-order valence-electron chi connectivity index (χ0n) is 8.87. The molecule has 0 aromatic carbocycles. The molecule has 0 radical (unpaired) electrons. The van der Waals surface area contributed by atoms with Crippen molar-refractivity contribution in [2.45, 2.75) is 38.0 Å². The van der Waals surface area contributed by atoms with Crippen LogP contribution in [0.1, 0.15) is 19.8 Å². The van der Waals surface area contributed by atoms with Gasteiger partial charge >= 0.3 is 0 Å². The lowest BCUT2D eigenvalue weighted by Crippen LogP contribution is -2.53. The van der Waals surface area contributed by atoms with Crippen LogP contribution in [0.4, 0.5) is 0 Å². The molecule has 2 unspecified atom stereocenters. The van der Waals surface area contributed by atoms with Crippen molar-refractivity contribution in [3.8, 4) is 0 Å². The summed E-state index contributed by atoms with van der Waals surface area (Å²) >= 11 is 0. The number of aliphatic hydroxyl groups excluding tert-OH is 4. The van der Waals surface area contributed by atoms with Crippen molar-refractivity contribution in [2.24, 2.45) is 0 Å². The van der Waals surface area contributed by atoms with Crippen molar-refractivity contribution in [1.82, 2.24) is 4.90 Å². The lowest BCUT2D eigenvalue weighted by atomic mass is 9.99. The number of hydrogen-bond acceptors (Lipinski definition) is 5. The molecule has 88 valence electrons. The van der Waals surface area contributed by atoms with Gasteiger partial charge in [0.1, 0.15) is 18.0 Å². The summed E-state index contributed by atoms with van der Waals surface area (Å²) in [5.41, 5.74) is 0. The van der Waals surface area contributed by atoms with E-state index in [-0.39, 0.29) is 12.4 Å². The zero-order chi connectivity index (χ0) is 11.4. The number of hydrogen-bond donors (Lipinski definition) is 4. The van der Waals surface area contributed by atoms with Gasteiger partial charge < -0.3 is 25.3 Å². The standard InChI is InChI=1S/C10H19NO4/c1-2-3-4-11-5-8(13)10(15)9(14)7(11)6-12/h5,7,9-10,12-15H,2-4,6H2,1H3/t7?,9-,10?/m1/s1. The van der Waals surface area contributed by atoms with Crippen molar-refractivity contribution in [3.05, 3.63) is 12.0 Å². The Hall–Kier alpha value is -0.780. The van der Waals surface area contributed by atoms with Crippen LogP contribution in [0, 0.1) is 0 Å². The first kappa shape index (κ1) is 12.3. The van der Waals surface area contributed by atoms with Gasteiger partial charge in [-0.25, -0.2) is 0 Å². The van der Waals surface area contributed by atoms with E-state index in [0.29, 0.717) is 6.54 Å². The van der Waals surface area contributed by atoms with Crippen LogP contribution in [0.2, 0.25) is 0 Å². The van der Waals surface area contributed by atoms with Crippen LogP contribution in [0.15, 0.2) is 12.0 Å². The summed E-state index contributed by atoms with van der Waals surface area (Å²) in [6, 6.07) is -0.539. The van der Waals surface area contributed by atoms with Gasteiger partial charge in [-0.15, -0.1) is 0 Å². The lowest BCUT2D eigenvalue weighted by molar-refractivity contribution is -0.0589. The third kappa shape index (κ3) is 2.62. The average Bonchev–Trinajstić information content (AvgIpc) is 2.23. The molecule has 1 rings (SSSR count). The fourth-order valence-corrected chi connectivity index (χ4v) is 1.71. The maximum atomic E-state index is 9.63. The van der Waals surface area contributed by atoms with Gasteiger partial charge in [0.25, 0.3) is 0 Å². The van der Waals surface area contributed by atoms with E-state index in [9.17, 15) is 15.3 Å². The van der Waals surface area contributed by atoms with Crippen molar-refractivity contribution in [2.75, 3.05) is 13.2 Å². The average molecular weight is 217 g/mol. The van der Waals surface area contributed by atoms with Crippen LogP contribution in [0.25, 0.3) is 0 Å². The molecule has 0 spiro atoms. The summed E-state index contributed by atoms with van der Waals surface area (Å²) in [5, 5.41) is 37.5. The third-order valence-corrected chi connectivity index (χ3v) is 2.70. The zero-order valence-corrected chi connectivity index (χ0v) is 8.87. The summed E-state index contributed by atoms with van der Waals surface area (Å²) in [6.07, 6.45) is 0.857. The monoisotopic (exact) mass is 217 g/mol. The highest BCUT2D eigenvalue weighted by atomic mass is 16.4. The van der Waals surface area contributed by atoms with Crippen molar-refractivity contribution in [1.29, 1.82) is 0 Å². The summed E-state index contributed by atoms with van der Waals surface area (Å²) in [4.78, 5) is 1.68. The minimum atomic E-state index is -1.29. The number of aliphatic hydroxyl groups is 4. The first-order chi connectivity index (χ1) is 7.11. The Labute approximate surface area is 89.3 Å². The first-order valence-electron chi connectivity index (χ1n) is 5.25. The van der Waals surface area contributed by atoms with Crippen LogP contribution < -0.4 is 0 Å². The molecule has 0 aromatic rings. The second-order valence-electron chi connectivity index (χ2n) is 3.83. The fraction of sp³-hybridized carbons (Fsp3) is 0.800. The minimum absolute atomic E-state index is 0.244. The number of unbranched alkanes of at least 4 members (excludes halogenated alkanes) is 1. The predicted molar refractivity (Wildman–Crippen MR) is 55.2 cm³/mol. The molecular formula is C10H19NO4. The molecule has 0 amide bonds. The van der Waals surface area contributed by atoms with Crippen molar-refractivity contribution < 1.29 is 20.4 Å². The van der Waals surface area contributed by atoms with Gasteiger partial charge in [-0.3, -0.25) is 0 Å². The molecule has 1 heterocycles. The smallest absolute Gasteiger partial charge is 0.140 e. The largest absolute Gasteiger partial charge is 0.508 e. The molecular weight excluding hydrogens is 198 g/mol. The van der Waals surface area contributed by atoms with Gasteiger partial charge in [0.15, 0.2) is 0 Å². The maximum Gasteiger partial charge on any atom is 0.140 e. The van der Waals surface area contributed by atoms with E-state index in [2.05, 4.69) is 0 Å². The molecule has 0 fully saturated rings. The van der Waals surface area contributed by atoms with E-state index in [1.165, 1.54) is 6.20 Å². The summed E-state index contributed by atoms with van der Waals surface area (Å²) in [5.74, 6) is -0.247. The second-order valence-corrected chi connectivity index (χ2v) is 3.83. The minimum Gasteiger partial charge on any atom is -0.508 e. The lowest BCUT2D eigenvalue weighted by Gasteiger charge is -2.38. The molecule has 0 saturated heterocycles. The van der Waals surface area contributed by atoms with Crippen molar-refractivity contribution in [3.63, 3.8) is 0 Å². The number of rotatable bonds is 4. The van der Waals surface area contributed by atoms with Crippen LogP contribution in [-0.2, 0) is 0 Å². The Bertz CT molecular complexity index is 231. The topological polar surface area (TPSA) is 84.2 Å². The van der Waals surface area contributed by atoms with Crippen LogP contribution in [0.3, 0.4) is 0 Å². The van der Waals surface area contributed by atoms with Crippen LogP contribution in [0.5, 0.6) is 0 Å². The van der Waals surface area contributed by atoms with Gasteiger partial charge in [-0.2, -0.15) is 0 Å². The molecule has 0 saturated carbocycles. The summed E-state index contributed by atoms with van der Waals surface area (Å²) in [7, 11) is 0.